The van der Waals surface area contributed by atoms with Crippen molar-refractivity contribution >= 4 is 29.1 Å². The van der Waals surface area contributed by atoms with Crippen molar-refractivity contribution in [2.24, 2.45) is 0 Å². The molecule has 1 amide bonds. The lowest BCUT2D eigenvalue weighted by molar-refractivity contribution is -0.133. The number of pyridine rings is 1. The molecular weight excluding hydrogens is 204 g/mol. The zero-order valence-electron chi connectivity index (χ0n) is 6.87. The summed E-state index contributed by atoms with van der Waals surface area (Å²) in [5.41, 5.74) is 0. The van der Waals surface area contributed by atoms with Gasteiger partial charge in [0.25, 0.3) is 5.91 Å². The van der Waals surface area contributed by atoms with Gasteiger partial charge in [-0.15, -0.1) is 0 Å². The molecule has 0 aliphatic rings. The standard InChI is InChI=1S/C8H7ClN2O2.CH4/c1-5(12)8(13)11-7-3-2-6(9)4-10-7;/h2-4H,1H3,(H,10,11,13);1H4. The molecule has 0 saturated heterocycles. The Morgan fingerprint density at radius 2 is 2.07 bits per heavy atom. The lowest BCUT2D eigenvalue weighted by atomic mass is 10.4. The van der Waals surface area contributed by atoms with Crippen LogP contribution in [0.4, 0.5) is 5.82 Å². The van der Waals surface area contributed by atoms with Crippen LogP contribution >= 0.6 is 11.6 Å². The molecule has 0 spiro atoms. The van der Waals surface area contributed by atoms with Gasteiger partial charge in [0.05, 0.1) is 5.02 Å². The number of hydrogen-bond donors (Lipinski definition) is 1. The molecular formula is C9H11ClN2O2. The zero-order valence-corrected chi connectivity index (χ0v) is 7.63. The van der Waals surface area contributed by atoms with Crippen LogP contribution in [0, 0.1) is 0 Å². The molecule has 0 aliphatic carbocycles. The van der Waals surface area contributed by atoms with Crippen LogP contribution in [0.15, 0.2) is 18.3 Å². The van der Waals surface area contributed by atoms with E-state index in [-0.39, 0.29) is 7.43 Å². The Morgan fingerprint density at radius 3 is 2.50 bits per heavy atom. The van der Waals surface area contributed by atoms with E-state index in [2.05, 4.69) is 10.3 Å². The molecule has 0 unspecified atom stereocenters. The first-order valence-electron chi connectivity index (χ1n) is 3.53. The van der Waals surface area contributed by atoms with Gasteiger partial charge in [0.2, 0.25) is 5.78 Å². The molecule has 0 fully saturated rings. The number of nitrogens with zero attached hydrogens (tertiary/aromatic N) is 1. The van der Waals surface area contributed by atoms with Crippen molar-refractivity contribution in [3.63, 3.8) is 0 Å². The van der Waals surface area contributed by atoms with Gasteiger partial charge >= 0.3 is 0 Å². The first-order valence-corrected chi connectivity index (χ1v) is 3.91. The summed E-state index contributed by atoms with van der Waals surface area (Å²) < 4.78 is 0. The molecule has 4 nitrogen and oxygen atoms in total. The predicted molar refractivity (Wildman–Crippen MR) is 55.3 cm³/mol. The second-order valence-electron chi connectivity index (χ2n) is 2.37. The van der Waals surface area contributed by atoms with E-state index >= 15 is 0 Å². The number of rotatable bonds is 2. The van der Waals surface area contributed by atoms with Crippen molar-refractivity contribution in [2.45, 2.75) is 14.4 Å². The molecule has 1 N–H and O–H groups in total. The van der Waals surface area contributed by atoms with Crippen molar-refractivity contribution in [2.75, 3.05) is 5.32 Å². The van der Waals surface area contributed by atoms with E-state index in [1.165, 1.54) is 19.2 Å². The van der Waals surface area contributed by atoms with Crippen molar-refractivity contribution in [3.8, 4) is 0 Å². The summed E-state index contributed by atoms with van der Waals surface area (Å²) in [6.45, 7) is 1.19. The Hall–Kier alpha value is -1.42. The first kappa shape index (κ1) is 12.6. The van der Waals surface area contributed by atoms with Gasteiger partial charge in [0, 0.05) is 13.1 Å². The van der Waals surface area contributed by atoms with Crippen LogP contribution in [-0.2, 0) is 9.59 Å². The Morgan fingerprint density at radius 1 is 1.43 bits per heavy atom. The van der Waals surface area contributed by atoms with Crippen LogP contribution in [0.5, 0.6) is 0 Å². The third kappa shape index (κ3) is 3.53. The number of halogens is 1. The summed E-state index contributed by atoms with van der Waals surface area (Å²) in [5, 5.41) is 2.78. The van der Waals surface area contributed by atoms with Crippen LogP contribution in [0.1, 0.15) is 14.4 Å². The lowest BCUT2D eigenvalue weighted by Crippen LogP contribution is -2.20. The number of carbonyl (C=O) groups is 2. The Kier molecular flexibility index (Phi) is 4.80. The fourth-order valence-corrected chi connectivity index (χ4v) is 0.766. The Bertz CT molecular complexity index is 335. The molecule has 14 heavy (non-hydrogen) atoms. The number of nitrogens with one attached hydrogen (secondary N) is 1. The summed E-state index contributed by atoms with van der Waals surface area (Å²) in [6, 6.07) is 3.09. The van der Waals surface area contributed by atoms with E-state index in [4.69, 9.17) is 11.6 Å². The van der Waals surface area contributed by atoms with Crippen molar-refractivity contribution in [1.29, 1.82) is 0 Å². The number of carbonyl (C=O) groups excluding carboxylic acids is 2. The average Bonchev–Trinajstić information content (AvgIpc) is 2.08. The molecule has 0 radical (unpaired) electrons. The molecule has 0 aromatic carbocycles. The lowest BCUT2D eigenvalue weighted by Gasteiger charge is -2.00. The molecule has 0 aliphatic heterocycles. The minimum absolute atomic E-state index is 0. The Balaban J connectivity index is 0.00000169. The highest BCUT2D eigenvalue weighted by Gasteiger charge is 2.07. The van der Waals surface area contributed by atoms with Crippen molar-refractivity contribution < 1.29 is 9.59 Å². The number of ketones is 1. The highest BCUT2D eigenvalue weighted by Crippen LogP contribution is 2.09. The quantitative estimate of drug-likeness (QED) is 0.765. The van der Waals surface area contributed by atoms with Gasteiger partial charge in [-0.2, -0.15) is 0 Å². The van der Waals surface area contributed by atoms with Crippen LogP contribution in [-0.4, -0.2) is 16.7 Å². The van der Waals surface area contributed by atoms with Crippen LogP contribution in [0.3, 0.4) is 0 Å². The predicted octanol–water partition coefficient (Wildman–Crippen LogP) is 1.90. The van der Waals surface area contributed by atoms with Gasteiger partial charge in [-0.25, -0.2) is 4.98 Å². The molecule has 0 saturated carbocycles. The average molecular weight is 215 g/mol. The van der Waals surface area contributed by atoms with Crippen LogP contribution in [0.25, 0.3) is 0 Å². The number of anilines is 1. The Labute approximate surface area is 87.3 Å². The molecule has 0 bridgehead atoms. The van der Waals surface area contributed by atoms with Crippen LogP contribution in [0.2, 0.25) is 5.02 Å². The fourth-order valence-electron chi connectivity index (χ4n) is 0.654. The molecule has 1 aromatic heterocycles. The molecule has 1 aromatic rings. The van der Waals surface area contributed by atoms with E-state index in [1.807, 2.05) is 0 Å². The van der Waals surface area contributed by atoms with Gasteiger partial charge in [-0.1, -0.05) is 19.0 Å². The molecule has 0 atom stereocenters. The summed E-state index contributed by atoms with van der Waals surface area (Å²) in [7, 11) is 0. The van der Waals surface area contributed by atoms with E-state index in [9.17, 15) is 9.59 Å². The van der Waals surface area contributed by atoms with Gasteiger partial charge in [0.1, 0.15) is 5.82 Å². The zero-order chi connectivity index (χ0) is 9.84. The second kappa shape index (κ2) is 5.34. The number of amides is 1. The summed E-state index contributed by atoms with van der Waals surface area (Å²) in [5.74, 6) is -0.934. The monoisotopic (exact) mass is 214 g/mol. The number of aromatic nitrogens is 1. The van der Waals surface area contributed by atoms with E-state index < -0.39 is 11.7 Å². The van der Waals surface area contributed by atoms with E-state index in [0.717, 1.165) is 0 Å². The van der Waals surface area contributed by atoms with Gasteiger partial charge in [-0.05, 0) is 12.1 Å². The van der Waals surface area contributed by atoms with Crippen LogP contribution < -0.4 is 5.32 Å². The van der Waals surface area contributed by atoms with E-state index in [1.54, 1.807) is 6.07 Å². The maximum Gasteiger partial charge on any atom is 0.292 e. The molecule has 1 rings (SSSR count). The van der Waals surface area contributed by atoms with Crippen molar-refractivity contribution in [3.05, 3.63) is 23.4 Å². The third-order valence-corrected chi connectivity index (χ3v) is 1.51. The maximum atomic E-state index is 10.9. The minimum Gasteiger partial charge on any atom is -0.304 e. The van der Waals surface area contributed by atoms with Gasteiger partial charge in [-0.3, -0.25) is 9.59 Å². The third-order valence-electron chi connectivity index (χ3n) is 1.29. The number of Topliss-reactive ketones (excluding diaryl/α,β-unsaturated/α-hetero) is 1. The summed E-state index contributed by atoms with van der Waals surface area (Å²) in [6.07, 6.45) is 1.39. The topological polar surface area (TPSA) is 59.1 Å². The maximum absolute atomic E-state index is 10.9. The molecule has 5 heteroatoms. The fraction of sp³-hybridized carbons (Fsp3) is 0.222. The largest absolute Gasteiger partial charge is 0.304 e. The summed E-state index contributed by atoms with van der Waals surface area (Å²) in [4.78, 5) is 25.2. The highest BCUT2D eigenvalue weighted by molar-refractivity contribution is 6.39. The van der Waals surface area contributed by atoms with Crippen molar-refractivity contribution in [1.82, 2.24) is 4.98 Å². The smallest absolute Gasteiger partial charge is 0.292 e. The minimum atomic E-state index is -0.685. The first-order chi connectivity index (χ1) is 6.09. The highest BCUT2D eigenvalue weighted by atomic mass is 35.5. The molecule has 76 valence electrons. The van der Waals surface area contributed by atoms with Gasteiger partial charge < -0.3 is 5.32 Å². The summed E-state index contributed by atoms with van der Waals surface area (Å²) >= 11 is 5.57. The number of hydrogen-bond acceptors (Lipinski definition) is 3. The van der Waals surface area contributed by atoms with Gasteiger partial charge in [0.15, 0.2) is 0 Å². The molecule has 1 heterocycles. The normalized spacial score (nSPS) is 8.71. The van der Waals surface area contributed by atoms with E-state index in [0.29, 0.717) is 10.8 Å². The SMILES string of the molecule is C.CC(=O)C(=O)Nc1ccc(Cl)cn1. The second-order valence-corrected chi connectivity index (χ2v) is 2.81.